The number of benzene rings is 1. The van der Waals surface area contributed by atoms with Gasteiger partial charge in [-0.05, 0) is 102 Å². The average molecular weight is 500 g/mol. The zero-order valence-corrected chi connectivity index (χ0v) is 16.1. The predicted octanol–water partition coefficient (Wildman–Crippen LogP) is 3.42. The van der Waals surface area contributed by atoms with E-state index < -0.39 is 0 Å². The summed E-state index contributed by atoms with van der Waals surface area (Å²) >= 11 is 4.49. The first-order valence-corrected chi connectivity index (χ1v) is 9.35. The molecule has 3 nitrogen and oxygen atoms in total. The molecule has 0 aromatic heterocycles. The lowest BCUT2D eigenvalue weighted by Gasteiger charge is -2.31. The third-order valence-electron chi connectivity index (χ3n) is 4.01. The van der Waals surface area contributed by atoms with Crippen LogP contribution in [0, 0.1) is 13.1 Å². The molecule has 0 aliphatic carbocycles. The molecule has 1 aliphatic heterocycles. The van der Waals surface area contributed by atoms with Gasteiger partial charge in [0.1, 0.15) is 5.75 Å². The SMILES string of the molecule is CCN1CCC(CNCc2cc(I)cc(I)c2O)CC1. The third kappa shape index (κ3) is 4.71. The van der Waals surface area contributed by atoms with Crippen molar-refractivity contribution < 1.29 is 5.11 Å². The standard InChI is InChI=1S/C15H22I2N2O/c1-2-19-5-3-11(4-6-19)9-18-10-12-7-13(16)8-14(17)15(12)20/h7-8,11,18,20H,2-6,9-10H2,1H3. The molecule has 1 aromatic rings. The zero-order chi connectivity index (χ0) is 14.5. The van der Waals surface area contributed by atoms with Gasteiger partial charge in [-0.2, -0.15) is 0 Å². The number of rotatable bonds is 5. The lowest BCUT2D eigenvalue weighted by Crippen LogP contribution is -2.36. The van der Waals surface area contributed by atoms with Crippen LogP contribution in [0.25, 0.3) is 0 Å². The molecule has 1 heterocycles. The topological polar surface area (TPSA) is 35.5 Å². The van der Waals surface area contributed by atoms with E-state index in [0.717, 1.165) is 28.1 Å². The number of hydrogen-bond donors (Lipinski definition) is 2. The molecule has 0 saturated carbocycles. The first kappa shape index (κ1) is 16.8. The van der Waals surface area contributed by atoms with Gasteiger partial charge in [0.15, 0.2) is 0 Å². The molecule has 1 aromatic carbocycles. The number of phenols is 1. The Hall–Kier alpha value is 0.400. The number of phenolic OH excluding ortho intramolecular Hbond substituents is 1. The predicted molar refractivity (Wildman–Crippen MR) is 100 cm³/mol. The third-order valence-corrected chi connectivity index (χ3v) is 5.46. The molecule has 0 bridgehead atoms. The van der Waals surface area contributed by atoms with Crippen LogP contribution >= 0.6 is 45.2 Å². The summed E-state index contributed by atoms with van der Waals surface area (Å²) in [6.07, 6.45) is 2.58. The molecule has 5 heteroatoms. The van der Waals surface area contributed by atoms with E-state index in [4.69, 9.17) is 0 Å². The van der Waals surface area contributed by atoms with E-state index in [9.17, 15) is 5.11 Å². The molecule has 2 rings (SSSR count). The first-order chi connectivity index (χ1) is 9.60. The van der Waals surface area contributed by atoms with Gasteiger partial charge in [-0.3, -0.25) is 0 Å². The summed E-state index contributed by atoms with van der Waals surface area (Å²) in [4.78, 5) is 2.52. The van der Waals surface area contributed by atoms with E-state index in [1.165, 1.54) is 36.0 Å². The largest absolute Gasteiger partial charge is 0.507 e. The second-order valence-electron chi connectivity index (χ2n) is 5.40. The van der Waals surface area contributed by atoms with E-state index in [1.807, 2.05) is 6.07 Å². The number of nitrogens with one attached hydrogen (secondary N) is 1. The Balaban J connectivity index is 1.79. The van der Waals surface area contributed by atoms with Crippen LogP contribution in [0.2, 0.25) is 0 Å². The molecule has 0 spiro atoms. The van der Waals surface area contributed by atoms with Crippen LogP contribution in [0.15, 0.2) is 12.1 Å². The second kappa shape index (κ2) is 8.14. The van der Waals surface area contributed by atoms with E-state index >= 15 is 0 Å². The van der Waals surface area contributed by atoms with Gasteiger partial charge in [0.25, 0.3) is 0 Å². The van der Waals surface area contributed by atoms with E-state index in [1.54, 1.807) is 0 Å². The number of hydrogen-bond acceptors (Lipinski definition) is 3. The highest BCUT2D eigenvalue weighted by Gasteiger charge is 2.17. The molecule has 0 radical (unpaired) electrons. The smallest absolute Gasteiger partial charge is 0.133 e. The Labute approximate surface area is 148 Å². The van der Waals surface area contributed by atoms with Crippen molar-refractivity contribution in [2.75, 3.05) is 26.2 Å². The summed E-state index contributed by atoms with van der Waals surface area (Å²) in [5.74, 6) is 1.21. The summed E-state index contributed by atoms with van der Waals surface area (Å²) in [6.45, 7) is 7.69. The molecule has 0 unspecified atom stereocenters. The molecule has 20 heavy (non-hydrogen) atoms. The molecule has 112 valence electrons. The zero-order valence-electron chi connectivity index (χ0n) is 11.8. The number of halogens is 2. The summed E-state index contributed by atoms with van der Waals surface area (Å²) in [5.41, 5.74) is 1.01. The van der Waals surface area contributed by atoms with Gasteiger partial charge in [0.05, 0.1) is 3.57 Å². The lowest BCUT2D eigenvalue weighted by molar-refractivity contribution is 0.190. The Morgan fingerprint density at radius 2 is 2.00 bits per heavy atom. The molecule has 1 saturated heterocycles. The minimum absolute atomic E-state index is 0.430. The molecule has 2 N–H and O–H groups in total. The van der Waals surface area contributed by atoms with Gasteiger partial charge < -0.3 is 15.3 Å². The maximum atomic E-state index is 10.1. The fourth-order valence-corrected chi connectivity index (χ4v) is 4.64. The quantitative estimate of drug-likeness (QED) is 0.609. The van der Waals surface area contributed by atoms with Crippen molar-refractivity contribution in [2.45, 2.75) is 26.3 Å². The van der Waals surface area contributed by atoms with Gasteiger partial charge in [-0.25, -0.2) is 0 Å². The fourth-order valence-electron chi connectivity index (χ4n) is 2.67. The summed E-state index contributed by atoms with van der Waals surface area (Å²) in [5, 5.41) is 13.6. The highest BCUT2D eigenvalue weighted by Crippen LogP contribution is 2.27. The minimum atomic E-state index is 0.430. The first-order valence-electron chi connectivity index (χ1n) is 7.20. The van der Waals surface area contributed by atoms with Crippen molar-refractivity contribution in [3.63, 3.8) is 0 Å². The number of aromatic hydroxyl groups is 1. The fraction of sp³-hybridized carbons (Fsp3) is 0.600. The Morgan fingerprint density at radius 1 is 1.30 bits per heavy atom. The Kier molecular flexibility index (Phi) is 6.83. The molecule has 0 amide bonds. The van der Waals surface area contributed by atoms with Gasteiger partial charge in [0.2, 0.25) is 0 Å². The summed E-state index contributed by atoms with van der Waals surface area (Å²) in [6, 6.07) is 4.06. The maximum Gasteiger partial charge on any atom is 0.133 e. The number of likely N-dealkylation sites (tertiary alicyclic amines) is 1. The normalized spacial score (nSPS) is 17.6. The highest BCUT2D eigenvalue weighted by atomic mass is 127. The molecule has 1 fully saturated rings. The Morgan fingerprint density at radius 3 is 2.65 bits per heavy atom. The van der Waals surface area contributed by atoms with Crippen molar-refractivity contribution in [1.82, 2.24) is 10.2 Å². The van der Waals surface area contributed by atoms with E-state index in [2.05, 4.69) is 68.4 Å². The van der Waals surface area contributed by atoms with Crippen LogP contribution in [0.3, 0.4) is 0 Å². The van der Waals surface area contributed by atoms with Gasteiger partial charge in [-0.15, -0.1) is 0 Å². The van der Waals surface area contributed by atoms with Crippen molar-refractivity contribution >= 4 is 45.2 Å². The van der Waals surface area contributed by atoms with E-state index in [-0.39, 0.29) is 0 Å². The maximum absolute atomic E-state index is 10.1. The Bertz CT molecular complexity index is 446. The van der Waals surface area contributed by atoms with Crippen LogP contribution in [0.4, 0.5) is 0 Å². The number of nitrogens with zero attached hydrogens (tertiary/aromatic N) is 1. The van der Waals surface area contributed by atoms with Crippen LogP contribution in [0.1, 0.15) is 25.3 Å². The monoisotopic (exact) mass is 500 g/mol. The van der Waals surface area contributed by atoms with E-state index in [0.29, 0.717) is 5.75 Å². The molecule has 0 atom stereocenters. The summed E-state index contributed by atoms with van der Waals surface area (Å²) in [7, 11) is 0. The van der Waals surface area contributed by atoms with Crippen molar-refractivity contribution in [3.8, 4) is 5.75 Å². The van der Waals surface area contributed by atoms with Crippen LogP contribution in [-0.4, -0.2) is 36.2 Å². The van der Waals surface area contributed by atoms with Crippen molar-refractivity contribution in [3.05, 3.63) is 24.8 Å². The van der Waals surface area contributed by atoms with Crippen LogP contribution in [-0.2, 0) is 6.54 Å². The second-order valence-corrected chi connectivity index (χ2v) is 7.81. The lowest BCUT2D eigenvalue weighted by atomic mass is 9.97. The van der Waals surface area contributed by atoms with Gasteiger partial charge in [-0.1, -0.05) is 6.92 Å². The highest BCUT2D eigenvalue weighted by molar-refractivity contribution is 14.1. The van der Waals surface area contributed by atoms with Gasteiger partial charge in [0, 0.05) is 15.7 Å². The van der Waals surface area contributed by atoms with Gasteiger partial charge >= 0.3 is 0 Å². The molecular weight excluding hydrogens is 478 g/mol. The molecule has 1 aliphatic rings. The summed E-state index contributed by atoms with van der Waals surface area (Å²) < 4.78 is 2.11. The average Bonchev–Trinajstić information content (AvgIpc) is 2.44. The van der Waals surface area contributed by atoms with Crippen LogP contribution in [0.5, 0.6) is 5.75 Å². The number of piperidine rings is 1. The van der Waals surface area contributed by atoms with Crippen molar-refractivity contribution in [1.29, 1.82) is 0 Å². The molecular formula is C15H22I2N2O. The van der Waals surface area contributed by atoms with Crippen LogP contribution < -0.4 is 5.32 Å². The van der Waals surface area contributed by atoms with Crippen molar-refractivity contribution in [2.24, 2.45) is 5.92 Å². The minimum Gasteiger partial charge on any atom is -0.507 e.